The fourth-order valence-electron chi connectivity index (χ4n) is 2.56. The Balaban J connectivity index is 0. The van der Waals surface area contributed by atoms with Gasteiger partial charge in [0.15, 0.2) is 16.6 Å². The van der Waals surface area contributed by atoms with Crippen LogP contribution in [-0.2, 0) is 23.1 Å². The zero-order chi connectivity index (χ0) is 19.2. The molecule has 0 aliphatic carbocycles. The van der Waals surface area contributed by atoms with Crippen LogP contribution in [0.4, 0.5) is 0 Å². The Labute approximate surface area is 178 Å². The number of ether oxygens (including phenoxy) is 1. The van der Waals surface area contributed by atoms with Crippen LogP contribution in [0.3, 0.4) is 0 Å². The summed E-state index contributed by atoms with van der Waals surface area (Å²) in [4.78, 5) is 0. The van der Waals surface area contributed by atoms with Crippen LogP contribution in [0, 0.1) is 0 Å². The number of hydrogen-bond acceptors (Lipinski definition) is 7. The Morgan fingerprint density at radius 2 is 1.60 bits per heavy atom. The second kappa shape index (κ2) is 11.4. The van der Waals surface area contributed by atoms with E-state index in [1.807, 2.05) is 6.55 Å². The molecule has 0 amide bonds. The molecule has 12 heteroatoms. The van der Waals surface area contributed by atoms with Gasteiger partial charge in [-0.05, 0) is 58.7 Å². The largest absolute Gasteiger partial charge is 1.00 e. The van der Waals surface area contributed by atoms with Gasteiger partial charge >= 0.3 is 38.1 Å². The SMILES string of the molecule is CC(O)COCCC[Si](C)(O[Si](C)(C)C)O[Si](C)(C)CS(=O)(=O)[O-].[Na+]. The second-order valence-electron chi connectivity index (χ2n) is 7.94. The molecule has 0 fully saturated rings. The molecule has 7 nitrogen and oxygen atoms in total. The van der Waals surface area contributed by atoms with Gasteiger partial charge in [-0.25, -0.2) is 8.42 Å². The average molecular weight is 441 g/mol. The minimum Gasteiger partial charge on any atom is -0.748 e. The van der Waals surface area contributed by atoms with Crippen LogP contribution in [-0.4, -0.2) is 68.0 Å². The summed E-state index contributed by atoms with van der Waals surface area (Å²) in [5.41, 5.74) is 0. The maximum atomic E-state index is 11.1. The molecule has 0 aromatic rings. The summed E-state index contributed by atoms with van der Waals surface area (Å²) in [6.07, 6.45) is 0.200. The first-order valence-electron chi connectivity index (χ1n) is 8.13. The van der Waals surface area contributed by atoms with Crippen molar-refractivity contribution in [3.8, 4) is 0 Å². The quantitative estimate of drug-likeness (QED) is 0.236. The number of aliphatic hydroxyl groups is 1. The van der Waals surface area contributed by atoms with E-state index in [9.17, 15) is 18.1 Å². The Hall–Kier alpha value is 1.40. The van der Waals surface area contributed by atoms with Gasteiger partial charge in [0.1, 0.15) is 0 Å². The van der Waals surface area contributed by atoms with Crippen molar-refractivity contribution in [2.75, 3.05) is 18.6 Å². The van der Waals surface area contributed by atoms with Crippen LogP contribution in [0.25, 0.3) is 0 Å². The van der Waals surface area contributed by atoms with Crippen LogP contribution in [0.2, 0.25) is 45.3 Å². The zero-order valence-electron chi connectivity index (χ0n) is 16.9. The smallest absolute Gasteiger partial charge is 0.748 e. The van der Waals surface area contributed by atoms with E-state index in [0.717, 1.165) is 0 Å². The molecule has 1 N–H and O–H groups in total. The van der Waals surface area contributed by atoms with E-state index < -0.39 is 46.8 Å². The number of hydrogen-bond donors (Lipinski definition) is 1. The molecule has 0 saturated carbocycles. The van der Waals surface area contributed by atoms with E-state index in [1.54, 1.807) is 20.0 Å². The van der Waals surface area contributed by atoms with E-state index >= 15 is 0 Å². The molecule has 2 unspecified atom stereocenters. The third kappa shape index (κ3) is 17.2. The van der Waals surface area contributed by atoms with Gasteiger partial charge in [-0.15, -0.1) is 0 Å². The van der Waals surface area contributed by atoms with Gasteiger partial charge in [0, 0.05) is 6.61 Å². The first kappa shape index (κ1) is 28.6. The molecule has 0 rings (SSSR count). The molecule has 0 aromatic carbocycles. The van der Waals surface area contributed by atoms with Crippen molar-refractivity contribution >= 4 is 35.3 Å². The molecular weight excluding hydrogens is 407 g/mol. The van der Waals surface area contributed by atoms with E-state index in [0.29, 0.717) is 19.1 Å². The van der Waals surface area contributed by atoms with Gasteiger partial charge in [0.2, 0.25) is 0 Å². The molecule has 0 bridgehead atoms. The molecule has 0 radical (unpaired) electrons. The third-order valence-electron chi connectivity index (χ3n) is 2.82. The minimum absolute atomic E-state index is 0. The van der Waals surface area contributed by atoms with Crippen molar-refractivity contribution in [1.29, 1.82) is 0 Å². The summed E-state index contributed by atoms with van der Waals surface area (Å²) in [7, 11) is -11.5. The molecule has 0 aromatic heterocycles. The Kier molecular flexibility index (Phi) is 13.1. The Bertz CT molecular complexity index is 483. The molecule has 0 aliphatic heterocycles. The second-order valence-corrected chi connectivity index (χ2v) is 22.4. The van der Waals surface area contributed by atoms with Crippen LogP contribution in [0.15, 0.2) is 0 Å². The minimum atomic E-state index is -4.32. The van der Waals surface area contributed by atoms with E-state index in [1.165, 1.54) is 0 Å². The van der Waals surface area contributed by atoms with Crippen molar-refractivity contribution in [2.45, 2.75) is 64.8 Å². The van der Waals surface area contributed by atoms with Gasteiger partial charge in [0.25, 0.3) is 0 Å². The van der Waals surface area contributed by atoms with Crippen LogP contribution < -0.4 is 29.6 Å². The van der Waals surface area contributed by atoms with Crippen LogP contribution in [0.5, 0.6) is 0 Å². The molecule has 0 aliphatic rings. The van der Waals surface area contributed by atoms with E-state index in [4.69, 9.17) is 13.0 Å². The normalized spacial score (nSPS) is 16.8. The van der Waals surface area contributed by atoms with Crippen molar-refractivity contribution in [1.82, 2.24) is 0 Å². The van der Waals surface area contributed by atoms with Gasteiger partial charge in [-0.3, -0.25) is 0 Å². The van der Waals surface area contributed by atoms with E-state index in [2.05, 4.69) is 19.6 Å². The summed E-state index contributed by atoms with van der Waals surface area (Å²) in [5, 5.41) is 8.74. The first-order chi connectivity index (χ1) is 10.5. The predicted molar refractivity (Wildman–Crippen MR) is 101 cm³/mol. The molecular formula is C13H33NaO7SSi3. The van der Waals surface area contributed by atoms with Gasteiger partial charge in [-0.1, -0.05) is 0 Å². The molecule has 0 spiro atoms. The Morgan fingerprint density at radius 3 is 2.00 bits per heavy atom. The number of rotatable bonds is 12. The monoisotopic (exact) mass is 440 g/mol. The maximum Gasteiger partial charge on any atom is 1.00 e. The molecule has 25 heavy (non-hydrogen) atoms. The zero-order valence-corrected chi connectivity index (χ0v) is 22.7. The topological polar surface area (TPSA) is 105 Å². The standard InChI is InChI=1S/C13H34O7SSi3.Na/c1-13(14)11-18-9-8-10-24(7,19-22(2,3)4)20-23(5,6)12-21(15,16)17;/h13-14H,8-12H2,1-7H3,(H,15,16,17);/q;+1/p-1. The van der Waals surface area contributed by atoms with Crippen LogP contribution >= 0.6 is 0 Å². The first-order valence-corrected chi connectivity index (χ1v) is 18.8. The van der Waals surface area contributed by atoms with Crippen molar-refractivity contribution in [3.05, 3.63) is 0 Å². The van der Waals surface area contributed by atoms with Crippen molar-refractivity contribution in [2.24, 2.45) is 0 Å². The van der Waals surface area contributed by atoms with Gasteiger partial charge in [0.05, 0.1) is 28.2 Å². The fraction of sp³-hybridized carbons (Fsp3) is 1.00. The van der Waals surface area contributed by atoms with Crippen LogP contribution in [0.1, 0.15) is 13.3 Å². The summed E-state index contributed by atoms with van der Waals surface area (Å²) >= 11 is 0. The fourth-order valence-corrected chi connectivity index (χ4v) is 18.7. The van der Waals surface area contributed by atoms with Gasteiger partial charge < -0.3 is 22.6 Å². The molecule has 146 valence electrons. The van der Waals surface area contributed by atoms with Crippen molar-refractivity contribution < 1.29 is 60.6 Å². The third-order valence-corrected chi connectivity index (χ3v) is 16.4. The summed E-state index contributed by atoms with van der Waals surface area (Å²) in [5.74, 6) is 0. The Morgan fingerprint density at radius 1 is 1.08 bits per heavy atom. The van der Waals surface area contributed by atoms with Crippen molar-refractivity contribution in [3.63, 3.8) is 0 Å². The average Bonchev–Trinajstić information content (AvgIpc) is 2.19. The maximum absolute atomic E-state index is 11.1. The predicted octanol–water partition coefficient (Wildman–Crippen LogP) is -0.992. The number of aliphatic hydroxyl groups excluding tert-OH is 1. The van der Waals surface area contributed by atoms with Gasteiger partial charge in [-0.2, -0.15) is 0 Å². The summed E-state index contributed by atoms with van der Waals surface area (Å²) in [6, 6.07) is 0.659. The summed E-state index contributed by atoms with van der Waals surface area (Å²) in [6.45, 7) is 14.0. The van der Waals surface area contributed by atoms with E-state index in [-0.39, 0.29) is 36.2 Å². The molecule has 2 atom stereocenters. The molecule has 0 saturated heterocycles. The molecule has 0 heterocycles. The summed E-state index contributed by atoms with van der Waals surface area (Å²) < 4.78 is 51.2.